The minimum Gasteiger partial charge on any atom is -0.378 e. The van der Waals surface area contributed by atoms with Gasteiger partial charge in [-0.15, -0.1) is 0 Å². The first-order chi connectivity index (χ1) is 8.46. The molecule has 0 saturated heterocycles. The monoisotopic (exact) mass is 315 g/mol. The second-order valence-electron chi connectivity index (χ2n) is 3.53. The van der Waals surface area contributed by atoms with Gasteiger partial charge in [-0.2, -0.15) is 16.8 Å². The minimum atomic E-state index is -5.37. The van der Waals surface area contributed by atoms with Crippen LogP contribution in [0.5, 0.6) is 0 Å². The van der Waals surface area contributed by atoms with Crippen molar-refractivity contribution < 1.29 is 30.3 Å². The zero-order valence-corrected chi connectivity index (χ0v) is 11.8. The molecule has 19 heavy (non-hydrogen) atoms. The summed E-state index contributed by atoms with van der Waals surface area (Å²) in [5.41, 5.74) is 1.25. The van der Waals surface area contributed by atoms with Gasteiger partial charge in [0.2, 0.25) is 0 Å². The molecule has 0 aliphatic carbocycles. The smallest absolute Gasteiger partial charge is 0.348 e. The normalized spacial score (nSPS) is 11.7. The van der Waals surface area contributed by atoms with E-state index < -0.39 is 25.1 Å². The molecule has 1 aromatic rings. The van der Waals surface area contributed by atoms with Gasteiger partial charge in [0.25, 0.3) is 0 Å². The van der Waals surface area contributed by atoms with Gasteiger partial charge in [0, 0.05) is 19.8 Å². The lowest BCUT2D eigenvalue weighted by atomic mass is 10.3. The van der Waals surface area contributed by atoms with Gasteiger partial charge in [-0.3, -0.25) is 9.11 Å². The number of halogens is 1. The molecule has 0 saturated carbocycles. The SMILES string of the molecule is CN(C)c1ccccc1.O=S(=O)(O)C(F)S(=O)(=O)O. The summed E-state index contributed by atoms with van der Waals surface area (Å²) in [7, 11) is -6.66. The van der Waals surface area contributed by atoms with Gasteiger partial charge in [0.1, 0.15) is 0 Å². The molecule has 0 atom stereocenters. The maximum absolute atomic E-state index is 11.7. The molecule has 0 heterocycles. The lowest BCUT2D eigenvalue weighted by Gasteiger charge is -2.10. The number of anilines is 1. The third-order valence-corrected chi connectivity index (χ3v) is 4.14. The first kappa shape index (κ1) is 17.8. The maximum Gasteiger partial charge on any atom is 0.348 e. The molecule has 7 nitrogen and oxygen atoms in total. The highest BCUT2D eigenvalue weighted by molar-refractivity contribution is 8.03. The molecule has 0 aromatic heterocycles. The van der Waals surface area contributed by atoms with Gasteiger partial charge in [0.05, 0.1) is 0 Å². The minimum absolute atomic E-state index is 1.25. The molecular formula is C9H14FNO6S2. The Bertz CT molecular complexity index is 552. The summed E-state index contributed by atoms with van der Waals surface area (Å²) in [6.45, 7) is 0. The van der Waals surface area contributed by atoms with Gasteiger partial charge >= 0.3 is 25.1 Å². The Morgan fingerprint density at radius 1 is 1.00 bits per heavy atom. The van der Waals surface area contributed by atoms with Crippen LogP contribution >= 0.6 is 0 Å². The fraction of sp³-hybridized carbons (Fsp3) is 0.333. The highest BCUT2D eigenvalue weighted by Crippen LogP contribution is 2.07. The number of alkyl halides is 1. The predicted octanol–water partition coefficient (Wildman–Crippen LogP) is 0.768. The van der Waals surface area contributed by atoms with Gasteiger partial charge in [-0.25, -0.2) is 4.39 Å². The van der Waals surface area contributed by atoms with Crippen molar-refractivity contribution in [2.45, 2.75) is 4.84 Å². The van der Waals surface area contributed by atoms with Crippen LogP contribution < -0.4 is 4.90 Å². The number of benzene rings is 1. The molecule has 0 aliphatic heterocycles. The van der Waals surface area contributed by atoms with E-state index in [1.54, 1.807) is 0 Å². The Balaban J connectivity index is 0.000000342. The summed E-state index contributed by atoms with van der Waals surface area (Å²) in [5.74, 6) is 0. The van der Waals surface area contributed by atoms with Crippen LogP contribution in [0.3, 0.4) is 0 Å². The largest absolute Gasteiger partial charge is 0.378 e. The van der Waals surface area contributed by atoms with Crippen LogP contribution in [-0.4, -0.2) is 44.9 Å². The van der Waals surface area contributed by atoms with Crippen LogP contribution in [0.25, 0.3) is 0 Å². The highest BCUT2D eigenvalue weighted by atomic mass is 32.3. The molecule has 110 valence electrons. The Morgan fingerprint density at radius 3 is 1.53 bits per heavy atom. The molecule has 1 rings (SSSR count). The fourth-order valence-electron chi connectivity index (χ4n) is 0.880. The van der Waals surface area contributed by atoms with Crippen LogP contribution in [0.15, 0.2) is 30.3 Å². The summed E-state index contributed by atoms with van der Waals surface area (Å²) in [6.07, 6.45) is 0. The van der Waals surface area contributed by atoms with E-state index in [-0.39, 0.29) is 0 Å². The van der Waals surface area contributed by atoms with Crippen LogP contribution in [-0.2, 0) is 20.2 Å². The standard InChI is InChI=1S/C8H11N.CH3FO6S2/c1-9(2)8-6-4-3-5-7-8;2-1(9(3,4)5)10(6,7)8/h3-7H,1-2H3;1H,(H,3,4,5)(H,6,7,8). The van der Waals surface area contributed by atoms with Crippen molar-refractivity contribution >= 4 is 25.9 Å². The van der Waals surface area contributed by atoms with E-state index in [0.717, 1.165) is 0 Å². The van der Waals surface area contributed by atoms with Gasteiger partial charge in [-0.05, 0) is 12.1 Å². The summed E-state index contributed by atoms with van der Waals surface area (Å²) in [4.78, 5) is -1.60. The predicted molar refractivity (Wildman–Crippen MR) is 68.8 cm³/mol. The summed E-state index contributed by atoms with van der Waals surface area (Å²) < 4.78 is 65.6. The van der Waals surface area contributed by atoms with Crippen LogP contribution in [0.1, 0.15) is 0 Å². The molecule has 0 fully saturated rings. The third-order valence-electron chi connectivity index (χ3n) is 1.74. The van der Waals surface area contributed by atoms with E-state index in [9.17, 15) is 21.2 Å². The lowest BCUT2D eigenvalue weighted by Crippen LogP contribution is -2.24. The summed E-state index contributed by atoms with van der Waals surface area (Å²) >= 11 is 0. The third kappa shape index (κ3) is 7.06. The van der Waals surface area contributed by atoms with Crippen LogP contribution in [0.2, 0.25) is 0 Å². The van der Waals surface area contributed by atoms with E-state index >= 15 is 0 Å². The first-order valence-corrected chi connectivity index (χ1v) is 7.76. The van der Waals surface area contributed by atoms with Crippen molar-refractivity contribution in [3.8, 4) is 0 Å². The van der Waals surface area contributed by atoms with Crippen molar-refractivity contribution in [1.29, 1.82) is 0 Å². The lowest BCUT2D eigenvalue weighted by molar-refractivity contribution is 0.391. The second-order valence-corrected chi connectivity index (χ2v) is 6.72. The summed E-state index contributed by atoms with van der Waals surface area (Å²) in [5, 5.41) is 0. The highest BCUT2D eigenvalue weighted by Gasteiger charge is 2.34. The molecule has 0 bridgehead atoms. The van der Waals surface area contributed by atoms with Gasteiger partial charge in [-0.1, -0.05) is 18.2 Å². The number of hydrogen-bond donors (Lipinski definition) is 2. The first-order valence-electron chi connectivity index (χ1n) is 4.75. The van der Waals surface area contributed by atoms with Crippen LogP contribution in [0, 0.1) is 0 Å². The molecule has 0 aliphatic rings. The Hall–Kier alpha value is -1.23. The number of para-hydroxylation sites is 1. The summed E-state index contributed by atoms with van der Waals surface area (Å²) in [6, 6.07) is 10.3. The molecule has 1 aromatic carbocycles. The molecule has 0 spiro atoms. The maximum atomic E-state index is 11.7. The second kappa shape index (κ2) is 6.80. The quantitative estimate of drug-likeness (QED) is 0.792. The van der Waals surface area contributed by atoms with Crippen molar-refractivity contribution in [1.82, 2.24) is 0 Å². The molecule has 0 amide bonds. The van der Waals surface area contributed by atoms with Crippen LogP contribution in [0.4, 0.5) is 10.1 Å². The average Bonchev–Trinajstić information content (AvgIpc) is 2.27. The topological polar surface area (TPSA) is 112 Å². The van der Waals surface area contributed by atoms with Gasteiger partial charge in [0.15, 0.2) is 0 Å². The molecule has 0 unspecified atom stereocenters. The molecule has 0 radical (unpaired) electrons. The zero-order valence-electron chi connectivity index (χ0n) is 10.1. The Kier molecular flexibility index (Phi) is 6.36. The number of nitrogens with zero attached hydrogens (tertiary/aromatic N) is 1. The van der Waals surface area contributed by atoms with E-state index in [1.807, 2.05) is 32.3 Å². The molecular weight excluding hydrogens is 301 g/mol. The van der Waals surface area contributed by atoms with E-state index in [1.165, 1.54) is 5.69 Å². The van der Waals surface area contributed by atoms with Crippen molar-refractivity contribution in [3.05, 3.63) is 30.3 Å². The molecule has 10 heteroatoms. The zero-order chi connectivity index (χ0) is 15.3. The van der Waals surface area contributed by atoms with Crippen molar-refractivity contribution in [2.75, 3.05) is 19.0 Å². The van der Waals surface area contributed by atoms with E-state index in [0.29, 0.717) is 0 Å². The van der Waals surface area contributed by atoms with Crippen molar-refractivity contribution in [3.63, 3.8) is 0 Å². The van der Waals surface area contributed by atoms with E-state index in [2.05, 4.69) is 17.0 Å². The Labute approximate surface area is 111 Å². The number of hydrogen-bond acceptors (Lipinski definition) is 5. The Morgan fingerprint density at radius 2 is 1.37 bits per heavy atom. The van der Waals surface area contributed by atoms with Crippen molar-refractivity contribution in [2.24, 2.45) is 0 Å². The fourth-order valence-corrected chi connectivity index (χ4v) is 2.11. The van der Waals surface area contributed by atoms with Gasteiger partial charge < -0.3 is 4.90 Å². The van der Waals surface area contributed by atoms with E-state index in [4.69, 9.17) is 9.11 Å². The molecule has 2 N–H and O–H groups in total. The average molecular weight is 315 g/mol. The number of rotatable bonds is 3.